The molecule has 1 aliphatic heterocycles. The Labute approximate surface area is 87.1 Å². The maximum atomic E-state index is 10.9. The molecule has 5 nitrogen and oxygen atoms in total. The van der Waals surface area contributed by atoms with Crippen molar-refractivity contribution in [2.24, 2.45) is 0 Å². The van der Waals surface area contributed by atoms with Crippen LogP contribution in [-0.4, -0.2) is 8.42 Å². The summed E-state index contributed by atoms with van der Waals surface area (Å²) in [7, 11) is -3.79. The Morgan fingerprint density at radius 1 is 1.33 bits per heavy atom. The summed E-state index contributed by atoms with van der Waals surface area (Å²) >= 11 is 0. The summed E-state index contributed by atoms with van der Waals surface area (Å²) in [5.41, 5.74) is 7.96. The van der Waals surface area contributed by atoms with Crippen molar-refractivity contribution in [3.63, 3.8) is 0 Å². The lowest BCUT2D eigenvalue weighted by atomic mass is 10.1. The maximum Gasteiger partial charge on any atom is 0.405 e. The molecular weight excluding hydrogens is 218 g/mol. The smallest absolute Gasteiger partial charge is 0.398 e. The third-order valence-electron chi connectivity index (χ3n) is 2.76. The first kappa shape index (κ1) is 9.14. The Bertz CT molecular complexity index is 525. The zero-order valence-corrected chi connectivity index (χ0v) is 8.58. The van der Waals surface area contributed by atoms with Crippen LogP contribution >= 0.6 is 0 Å². The molecule has 1 aromatic carbocycles. The number of fused-ring (bicyclic) bond motifs is 2. The molecule has 0 amide bonds. The highest BCUT2D eigenvalue weighted by Crippen LogP contribution is 2.51. The third kappa shape index (κ3) is 1.12. The normalized spacial score (nSPS) is 24.8. The number of benzene rings is 1. The molecule has 3 rings (SSSR count). The third-order valence-corrected chi connectivity index (χ3v) is 3.71. The van der Waals surface area contributed by atoms with Gasteiger partial charge in [-0.2, -0.15) is 8.42 Å². The molecule has 1 aromatic rings. The van der Waals surface area contributed by atoms with Crippen molar-refractivity contribution in [3.8, 4) is 0 Å². The minimum Gasteiger partial charge on any atom is -0.398 e. The number of nitrogens with two attached hydrogens (primary N) is 1. The van der Waals surface area contributed by atoms with Crippen LogP contribution < -0.4 is 5.73 Å². The van der Waals surface area contributed by atoms with Gasteiger partial charge < -0.3 is 5.73 Å². The highest BCUT2D eigenvalue weighted by molar-refractivity contribution is 7.82. The van der Waals surface area contributed by atoms with E-state index in [2.05, 4.69) is 0 Å². The van der Waals surface area contributed by atoms with Crippen molar-refractivity contribution in [3.05, 3.63) is 29.3 Å². The van der Waals surface area contributed by atoms with Gasteiger partial charge in [0.05, 0.1) is 0 Å². The molecule has 2 aliphatic rings. The molecule has 1 spiro atoms. The number of aryl methyl sites for hydroxylation is 1. The molecule has 0 saturated carbocycles. The number of anilines is 1. The van der Waals surface area contributed by atoms with E-state index < -0.39 is 16.2 Å². The predicted octanol–water partition coefficient (Wildman–Crippen LogP) is 0.659. The topological polar surface area (TPSA) is 78.6 Å². The summed E-state index contributed by atoms with van der Waals surface area (Å²) < 4.78 is 31.5. The van der Waals surface area contributed by atoms with Gasteiger partial charge in [-0.15, -0.1) is 0 Å². The molecule has 1 saturated heterocycles. The van der Waals surface area contributed by atoms with Gasteiger partial charge in [0.15, 0.2) is 0 Å². The number of rotatable bonds is 0. The van der Waals surface area contributed by atoms with Crippen LogP contribution in [0.1, 0.15) is 17.5 Å². The van der Waals surface area contributed by atoms with Gasteiger partial charge in [-0.05, 0) is 18.1 Å². The van der Waals surface area contributed by atoms with Gasteiger partial charge in [-0.3, -0.25) is 0 Å². The van der Waals surface area contributed by atoms with Crippen LogP contribution in [0.3, 0.4) is 0 Å². The Kier molecular flexibility index (Phi) is 1.54. The lowest BCUT2D eigenvalue weighted by Crippen LogP contribution is -2.46. The van der Waals surface area contributed by atoms with E-state index in [1.807, 2.05) is 12.1 Å². The molecule has 0 unspecified atom stereocenters. The zero-order chi connectivity index (χ0) is 10.7. The summed E-state index contributed by atoms with van der Waals surface area (Å²) in [5, 5.41) is 0. The Morgan fingerprint density at radius 3 is 2.73 bits per heavy atom. The lowest BCUT2D eigenvalue weighted by Gasteiger charge is -2.36. The predicted molar refractivity (Wildman–Crippen MR) is 51.9 cm³/mol. The number of hydrogen-bond acceptors (Lipinski definition) is 5. The van der Waals surface area contributed by atoms with Gasteiger partial charge in [0, 0.05) is 17.7 Å². The van der Waals surface area contributed by atoms with Crippen LogP contribution in [0.5, 0.6) is 0 Å². The lowest BCUT2D eigenvalue weighted by molar-refractivity contribution is -0.193. The zero-order valence-electron chi connectivity index (χ0n) is 7.76. The summed E-state index contributed by atoms with van der Waals surface area (Å²) in [5.74, 6) is -1.14. The number of nitrogen functional groups attached to an aromatic ring is 1. The van der Waals surface area contributed by atoms with E-state index >= 15 is 0 Å². The van der Waals surface area contributed by atoms with Crippen LogP contribution in [0.2, 0.25) is 0 Å². The van der Waals surface area contributed by atoms with Gasteiger partial charge in [0.1, 0.15) is 0 Å². The van der Waals surface area contributed by atoms with E-state index in [-0.39, 0.29) is 0 Å². The Hall–Kier alpha value is -1.11. The summed E-state index contributed by atoms with van der Waals surface area (Å²) in [4.78, 5) is 0. The largest absolute Gasteiger partial charge is 0.405 e. The quantitative estimate of drug-likeness (QED) is 0.659. The second-order valence-electron chi connectivity index (χ2n) is 3.71. The van der Waals surface area contributed by atoms with Crippen molar-refractivity contribution < 1.29 is 16.8 Å². The molecular formula is C9H9NO4S. The molecule has 2 N–H and O–H groups in total. The standard InChI is InChI=1S/C9H9NO4S/c10-7-3-1-2-6-4-5-9(8(6)7)13-15(11,12)14-9/h1-3H,4-5,10H2. The molecule has 15 heavy (non-hydrogen) atoms. The van der Waals surface area contributed by atoms with Gasteiger partial charge in [0.25, 0.3) is 0 Å². The molecule has 6 heteroatoms. The minimum atomic E-state index is -3.79. The molecule has 0 radical (unpaired) electrons. The first-order valence-electron chi connectivity index (χ1n) is 4.56. The van der Waals surface area contributed by atoms with E-state index in [4.69, 9.17) is 14.1 Å². The fourth-order valence-corrected chi connectivity index (χ4v) is 3.23. The van der Waals surface area contributed by atoms with E-state index in [1.165, 1.54) is 0 Å². The molecule has 1 heterocycles. The van der Waals surface area contributed by atoms with Crippen molar-refractivity contribution in [1.29, 1.82) is 0 Å². The van der Waals surface area contributed by atoms with Crippen LogP contribution in [0.4, 0.5) is 5.69 Å². The van der Waals surface area contributed by atoms with Crippen LogP contribution in [0.15, 0.2) is 18.2 Å². The molecule has 1 aliphatic carbocycles. The summed E-state index contributed by atoms with van der Waals surface area (Å²) in [6, 6.07) is 5.45. The average Bonchev–Trinajstić information content (AvgIpc) is 2.44. The second kappa shape index (κ2) is 2.52. The van der Waals surface area contributed by atoms with Crippen molar-refractivity contribution in [1.82, 2.24) is 0 Å². The van der Waals surface area contributed by atoms with Crippen LogP contribution in [0, 0.1) is 0 Å². The van der Waals surface area contributed by atoms with Crippen molar-refractivity contribution in [2.45, 2.75) is 18.6 Å². The van der Waals surface area contributed by atoms with Crippen LogP contribution in [0.25, 0.3) is 0 Å². The molecule has 80 valence electrons. The minimum absolute atomic E-state index is 0.496. The van der Waals surface area contributed by atoms with Gasteiger partial charge in [-0.25, -0.2) is 8.37 Å². The van der Waals surface area contributed by atoms with Crippen LogP contribution in [-0.2, 0) is 31.0 Å². The number of hydrogen-bond donors (Lipinski definition) is 1. The molecule has 0 bridgehead atoms. The van der Waals surface area contributed by atoms with Crippen molar-refractivity contribution >= 4 is 16.1 Å². The first-order valence-corrected chi connectivity index (χ1v) is 5.90. The average molecular weight is 227 g/mol. The summed E-state index contributed by atoms with van der Waals surface area (Å²) in [6.45, 7) is 0. The van der Waals surface area contributed by atoms with Crippen molar-refractivity contribution in [2.75, 3.05) is 5.73 Å². The SMILES string of the molecule is Nc1cccc2c1C1(CC2)OS(=O)(=O)O1. The second-order valence-corrected chi connectivity index (χ2v) is 4.86. The van der Waals surface area contributed by atoms with E-state index in [0.29, 0.717) is 17.7 Å². The maximum absolute atomic E-state index is 10.9. The molecule has 0 aromatic heterocycles. The van der Waals surface area contributed by atoms with Gasteiger partial charge >= 0.3 is 10.4 Å². The first-order chi connectivity index (χ1) is 7.03. The monoisotopic (exact) mass is 227 g/mol. The fourth-order valence-electron chi connectivity index (χ4n) is 2.22. The molecule has 1 fully saturated rings. The highest BCUT2D eigenvalue weighted by atomic mass is 32.3. The van der Waals surface area contributed by atoms with E-state index in [1.54, 1.807) is 6.07 Å². The van der Waals surface area contributed by atoms with E-state index in [9.17, 15) is 8.42 Å². The van der Waals surface area contributed by atoms with E-state index in [0.717, 1.165) is 12.0 Å². The van der Waals surface area contributed by atoms with Gasteiger partial charge in [-0.1, -0.05) is 12.1 Å². The molecule has 0 atom stereocenters. The Balaban J connectivity index is 2.14. The fraction of sp³-hybridized carbons (Fsp3) is 0.333. The Morgan fingerprint density at radius 2 is 2.07 bits per heavy atom. The van der Waals surface area contributed by atoms with Gasteiger partial charge in [0.2, 0.25) is 5.79 Å². The summed E-state index contributed by atoms with van der Waals surface area (Å²) in [6.07, 6.45) is 1.21. The highest BCUT2D eigenvalue weighted by Gasteiger charge is 2.57.